The number of hydrogen-bond acceptors (Lipinski definition) is 4. The van der Waals surface area contributed by atoms with Gasteiger partial charge in [0.1, 0.15) is 11.6 Å². The summed E-state index contributed by atoms with van der Waals surface area (Å²) >= 11 is 2.10. The van der Waals surface area contributed by atoms with Gasteiger partial charge in [0.2, 0.25) is 0 Å². The number of nitrogens with zero attached hydrogens (tertiary/aromatic N) is 2. The highest BCUT2D eigenvalue weighted by molar-refractivity contribution is 14.1. The zero-order valence-corrected chi connectivity index (χ0v) is 9.78. The summed E-state index contributed by atoms with van der Waals surface area (Å²) in [5.74, 6) is 1.46. The lowest BCUT2D eigenvalue weighted by Crippen LogP contribution is -2.09. The van der Waals surface area contributed by atoms with Gasteiger partial charge in [0, 0.05) is 19.2 Å². The lowest BCUT2D eigenvalue weighted by Gasteiger charge is -2.09. The van der Waals surface area contributed by atoms with Crippen molar-refractivity contribution in [2.45, 2.75) is 12.8 Å². The van der Waals surface area contributed by atoms with Crippen molar-refractivity contribution >= 4 is 28.4 Å². The smallest absolute Gasteiger partial charge is 0.140 e. The SMILES string of the molecule is COCC(C)c1ncc(I)c(N)n1. The third kappa shape index (κ3) is 2.77. The zero-order chi connectivity index (χ0) is 9.84. The van der Waals surface area contributed by atoms with Crippen molar-refractivity contribution in [1.82, 2.24) is 9.97 Å². The van der Waals surface area contributed by atoms with E-state index >= 15 is 0 Å². The van der Waals surface area contributed by atoms with Crippen LogP contribution in [0.1, 0.15) is 18.7 Å². The molecular weight excluding hydrogens is 281 g/mol. The first-order valence-electron chi connectivity index (χ1n) is 3.92. The highest BCUT2D eigenvalue weighted by Gasteiger charge is 2.09. The fraction of sp³-hybridized carbons (Fsp3) is 0.500. The Hall–Kier alpha value is -0.430. The molecule has 1 unspecified atom stereocenters. The van der Waals surface area contributed by atoms with Gasteiger partial charge in [-0.25, -0.2) is 9.97 Å². The third-order valence-electron chi connectivity index (χ3n) is 1.65. The summed E-state index contributed by atoms with van der Waals surface area (Å²) in [5, 5.41) is 0. The van der Waals surface area contributed by atoms with Crippen LogP contribution in [0, 0.1) is 3.57 Å². The third-order valence-corrected chi connectivity index (χ3v) is 2.48. The summed E-state index contributed by atoms with van der Waals surface area (Å²) in [4.78, 5) is 8.35. The number of aromatic nitrogens is 2. The lowest BCUT2D eigenvalue weighted by atomic mass is 10.2. The fourth-order valence-electron chi connectivity index (χ4n) is 0.957. The fourth-order valence-corrected chi connectivity index (χ4v) is 1.22. The minimum Gasteiger partial charge on any atom is -0.384 e. The van der Waals surface area contributed by atoms with Crippen LogP contribution in [0.5, 0.6) is 0 Å². The normalized spacial score (nSPS) is 12.8. The first-order valence-corrected chi connectivity index (χ1v) is 5.00. The maximum Gasteiger partial charge on any atom is 0.140 e. The Labute approximate surface area is 91.0 Å². The molecule has 1 aromatic rings. The van der Waals surface area contributed by atoms with Crippen LogP contribution in [-0.2, 0) is 4.74 Å². The molecule has 0 saturated heterocycles. The molecule has 13 heavy (non-hydrogen) atoms. The van der Waals surface area contributed by atoms with Gasteiger partial charge in [-0.2, -0.15) is 0 Å². The molecule has 0 bridgehead atoms. The molecule has 0 aliphatic carbocycles. The molecule has 1 aromatic heterocycles. The van der Waals surface area contributed by atoms with Gasteiger partial charge in [0.25, 0.3) is 0 Å². The number of hydrogen-bond donors (Lipinski definition) is 1. The molecule has 0 saturated carbocycles. The van der Waals surface area contributed by atoms with E-state index in [0.717, 1.165) is 9.39 Å². The Kier molecular flexibility index (Phi) is 3.86. The molecule has 4 nitrogen and oxygen atoms in total. The van der Waals surface area contributed by atoms with Gasteiger partial charge in [-0.3, -0.25) is 0 Å². The molecule has 0 aliphatic heterocycles. The quantitative estimate of drug-likeness (QED) is 0.856. The summed E-state index contributed by atoms with van der Waals surface area (Å²) in [5.41, 5.74) is 5.66. The van der Waals surface area contributed by atoms with E-state index in [4.69, 9.17) is 10.5 Å². The number of nitrogen functional groups attached to an aromatic ring is 1. The topological polar surface area (TPSA) is 61.0 Å². The standard InChI is InChI=1S/C8H12IN3O/c1-5(4-13-2)8-11-3-6(9)7(10)12-8/h3,5H,4H2,1-2H3,(H2,10,11,12). The summed E-state index contributed by atoms with van der Waals surface area (Å²) in [7, 11) is 1.66. The number of halogens is 1. The van der Waals surface area contributed by atoms with Crippen molar-refractivity contribution in [1.29, 1.82) is 0 Å². The van der Waals surface area contributed by atoms with E-state index in [0.29, 0.717) is 12.4 Å². The lowest BCUT2D eigenvalue weighted by molar-refractivity contribution is 0.181. The highest BCUT2D eigenvalue weighted by atomic mass is 127. The minimum absolute atomic E-state index is 0.185. The Morgan fingerprint density at radius 2 is 2.38 bits per heavy atom. The van der Waals surface area contributed by atoms with Gasteiger partial charge in [-0.1, -0.05) is 6.92 Å². The first kappa shape index (κ1) is 10.6. The Balaban J connectivity index is 2.84. The molecule has 1 heterocycles. The Morgan fingerprint density at radius 1 is 1.69 bits per heavy atom. The average Bonchev–Trinajstić information content (AvgIpc) is 2.10. The number of anilines is 1. The van der Waals surface area contributed by atoms with Crippen molar-refractivity contribution in [2.24, 2.45) is 0 Å². The van der Waals surface area contributed by atoms with E-state index in [1.54, 1.807) is 13.3 Å². The van der Waals surface area contributed by atoms with Crippen molar-refractivity contribution in [2.75, 3.05) is 19.5 Å². The van der Waals surface area contributed by atoms with Crippen LogP contribution in [0.4, 0.5) is 5.82 Å². The Morgan fingerprint density at radius 3 is 2.92 bits per heavy atom. The summed E-state index contributed by atoms with van der Waals surface area (Å²) in [6, 6.07) is 0. The van der Waals surface area contributed by atoms with Crippen molar-refractivity contribution in [3.8, 4) is 0 Å². The summed E-state index contributed by atoms with van der Waals surface area (Å²) < 4.78 is 5.89. The minimum atomic E-state index is 0.185. The number of rotatable bonds is 3. The van der Waals surface area contributed by atoms with Gasteiger partial charge in [-0.05, 0) is 22.6 Å². The van der Waals surface area contributed by atoms with Crippen LogP contribution in [-0.4, -0.2) is 23.7 Å². The molecule has 0 amide bonds. The molecule has 72 valence electrons. The molecule has 0 aromatic carbocycles. The van der Waals surface area contributed by atoms with E-state index in [1.165, 1.54) is 0 Å². The molecule has 0 aliphatic rings. The summed E-state index contributed by atoms with van der Waals surface area (Å²) in [6.07, 6.45) is 1.73. The van der Waals surface area contributed by atoms with Crippen LogP contribution in [0.25, 0.3) is 0 Å². The molecule has 0 fully saturated rings. The van der Waals surface area contributed by atoms with Crippen molar-refractivity contribution in [3.63, 3.8) is 0 Å². The Bertz CT molecular complexity index is 293. The van der Waals surface area contributed by atoms with Gasteiger partial charge in [0.05, 0.1) is 10.2 Å². The number of ether oxygens (including phenoxy) is 1. The zero-order valence-electron chi connectivity index (χ0n) is 7.62. The number of methoxy groups -OCH3 is 1. The van der Waals surface area contributed by atoms with Gasteiger partial charge in [-0.15, -0.1) is 0 Å². The molecule has 1 atom stereocenters. The van der Waals surface area contributed by atoms with Gasteiger partial charge in [0.15, 0.2) is 0 Å². The van der Waals surface area contributed by atoms with E-state index in [2.05, 4.69) is 32.6 Å². The monoisotopic (exact) mass is 293 g/mol. The summed E-state index contributed by atoms with van der Waals surface area (Å²) in [6.45, 7) is 2.62. The van der Waals surface area contributed by atoms with E-state index in [1.807, 2.05) is 6.92 Å². The molecule has 2 N–H and O–H groups in total. The molecule has 1 rings (SSSR count). The molecule has 5 heteroatoms. The van der Waals surface area contributed by atoms with Gasteiger partial charge >= 0.3 is 0 Å². The average molecular weight is 293 g/mol. The van der Waals surface area contributed by atoms with Gasteiger partial charge < -0.3 is 10.5 Å². The first-order chi connectivity index (χ1) is 6.15. The van der Waals surface area contributed by atoms with Crippen LogP contribution in [0.3, 0.4) is 0 Å². The van der Waals surface area contributed by atoms with Crippen LogP contribution in [0.15, 0.2) is 6.20 Å². The molecular formula is C8H12IN3O. The second-order valence-corrected chi connectivity index (χ2v) is 3.98. The largest absolute Gasteiger partial charge is 0.384 e. The molecule has 0 spiro atoms. The van der Waals surface area contributed by atoms with E-state index < -0.39 is 0 Å². The second kappa shape index (κ2) is 4.71. The van der Waals surface area contributed by atoms with Crippen molar-refractivity contribution < 1.29 is 4.74 Å². The van der Waals surface area contributed by atoms with Crippen LogP contribution in [0.2, 0.25) is 0 Å². The maximum absolute atomic E-state index is 5.66. The van der Waals surface area contributed by atoms with Crippen molar-refractivity contribution in [3.05, 3.63) is 15.6 Å². The predicted molar refractivity (Wildman–Crippen MR) is 59.5 cm³/mol. The highest BCUT2D eigenvalue weighted by Crippen LogP contribution is 2.15. The maximum atomic E-state index is 5.66. The second-order valence-electron chi connectivity index (χ2n) is 2.82. The predicted octanol–water partition coefficient (Wildman–Crippen LogP) is 1.41. The van der Waals surface area contributed by atoms with Crippen LogP contribution < -0.4 is 5.73 Å². The number of nitrogens with two attached hydrogens (primary N) is 1. The van der Waals surface area contributed by atoms with E-state index in [9.17, 15) is 0 Å². The van der Waals surface area contributed by atoms with Crippen LogP contribution >= 0.6 is 22.6 Å². The van der Waals surface area contributed by atoms with E-state index in [-0.39, 0.29) is 5.92 Å². The molecule has 0 radical (unpaired) electrons.